The number of rotatable bonds is 6. The summed E-state index contributed by atoms with van der Waals surface area (Å²) >= 11 is 6.46. The lowest BCUT2D eigenvalue weighted by Crippen LogP contribution is -2.17. The summed E-state index contributed by atoms with van der Waals surface area (Å²) in [5.41, 5.74) is 4.48. The number of aryl methyl sites for hydroxylation is 2. The number of hydrogen-bond acceptors (Lipinski definition) is 2. The molecule has 1 heterocycles. The van der Waals surface area contributed by atoms with Crippen molar-refractivity contribution < 1.29 is 0 Å². The van der Waals surface area contributed by atoms with Gasteiger partial charge in [0.2, 0.25) is 0 Å². The molecule has 0 saturated carbocycles. The molecule has 1 aromatic heterocycles. The van der Waals surface area contributed by atoms with Crippen LogP contribution in [0.1, 0.15) is 44.5 Å². The van der Waals surface area contributed by atoms with Gasteiger partial charge in [-0.25, -0.2) is 0 Å². The molecule has 4 heteroatoms. The van der Waals surface area contributed by atoms with E-state index < -0.39 is 0 Å². The van der Waals surface area contributed by atoms with E-state index in [2.05, 4.69) is 49.5 Å². The molecule has 1 unspecified atom stereocenters. The van der Waals surface area contributed by atoms with Crippen molar-refractivity contribution >= 4 is 11.6 Å². The lowest BCUT2D eigenvalue weighted by Gasteiger charge is -2.15. The Morgan fingerprint density at radius 3 is 2.71 bits per heavy atom. The molecule has 0 radical (unpaired) electrons. The molecular weight excluding hydrogens is 282 g/mol. The fourth-order valence-electron chi connectivity index (χ4n) is 2.61. The van der Waals surface area contributed by atoms with Gasteiger partial charge in [0.25, 0.3) is 0 Å². The van der Waals surface area contributed by atoms with Crippen molar-refractivity contribution in [2.45, 2.75) is 46.7 Å². The van der Waals surface area contributed by atoms with Crippen molar-refractivity contribution in [2.24, 2.45) is 0 Å². The van der Waals surface area contributed by atoms with Gasteiger partial charge in [0.05, 0.1) is 5.69 Å². The van der Waals surface area contributed by atoms with Crippen LogP contribution in [-0.4, -0.2) is 16.3 Å². The van der Waals surface area contributed by atoms with Gasteiger partial charge in [-0.2, -0.15) is 5.10 Å². The molecule has 0 aliphatic carbocycles. The van der Waals surface area contributed by atoms with E-state index in [1.54, 1.807) is 0 Å². The maximum absolute atomic E-state index is 6.46. The van der Waals surface area contributed by atoms with Crippen LogP contribution in [0.3, 0.4) is 0 Å². The van der Waals surface area contributed by atoms with E-state index in [1.165, 1.54) is 0 Å². The second kappa shape index (κ2) is 7.10. The minimum Gasteiger partial charge on any atom is -0.310 e. The van der Waals surface area contributed by atoms with Crippen LogP contribution < -0.4 is 5.32 Å². The minimum atomic E-state index is 0.264. The molecule has 21 heavy (non-hydrogen) atoms. The van der Waals surface area contributed by atoms with Crippen molar-refractivity contribution in [3.05, 3.63) is 40.7 Å². The summed E-state index contributed by atoms with van der Waals surface area (Å²) in [4.78, 5) is 0. The van der Waals surface area contributed by atoms with Crippen LogP contribution in [0.5, 0.6) is 0 Å². The predicted octanol–water partition coefficient (Wildman–Crippen LogP) is 4.59. The molecule has 0 spiro atoms. The van der Waals surface area contributed by atoms with Crippen LogP contribution in [0.2, 0.25) is 5.02 Å². The normalized spacial score (nSPS) is 12.6. The molecule has 0 aliphatic heterocycles. The average Bonchev–Trinajstić information content (AvgIpc) is 2.80. The fraction of sp³-hybridized carbons (Fsp3) is 0.471. The number of hydrogen-bond donors (Lipinski definition) is 1. The SMILES string of the molecule is CCCn1cc(-c2ccc(C(C)NCC)c(Cl)c2)c(C)n1. The van der Waals surface area contributed by atoms with Crippen LogP contribution >= 0.6 is 11.6 Å². The zero-order valence-corrected chi connectivity index (χ0v) is 14.0. The second-order valence-electron chi connectivity index (χ2n) is 5.41. The van der Waals surface area contributed by atoms with Crippen LogP contribution in [-0.2, 0) is 6.54 Å². The third kappa shape index (κ3) is 3.66. The maximum atomic E-state index is 6.46. The van der Waals surface area contributed by atoms with E-state index in [0.29, 0.717) is 0 Å². The Kier molecular flexibility index (Phi) is 5.43. The molecule has 114 valence electrons. The molecule has 3 nitrogen and oxygen atoms in total. The highest BCUT2D eigenvalue weighted by Crippen LogP contribution is 2.30. The molecule has 0 saturated heterocycles. The summed E-state index contributed by atoms with van der Waals surface area (Å²) in [6.45, 7) is 10.3. The highest BCUT2D eigenvalue weighted by atomic mass is 35.5. The van der Waals surface area contributed by atoms with Crippen molar-refractivity contribution in [1.29, 1.82) is 0 Å². The largest absolute Gasteiger partial charge is 0.310 e. The molecule has 0 bridgehead atoms. The highest BCUT2D eigenvalue weighted by molar-refractivity contribution is 6.31. The van der Waals surface area contributed by atoms with Gasteiger partial charge in [-0.15, -0.1) is 0 Å². The first-order valence-electron chi connectivity index (χ1n) is 7.64. The van der Waals surface area contributed by atoms with Gasteiger partial charge in [0.15, 0.2) is 0 Å². The minimum absolute atomic E-state index is 0.264. The molecule has 2 aromatic rings. The number of aromatic nitrogens is 2. The zero-order valence-electron chi connectivity index (χ0n) is 13.3. The van der Waals surface area contributed by atoms with E-state index in [-0.39, 0.29) is 6.04 Å². The predicted molar refractivity (Wildman–Crippen MR) is 89.8 cm³/mol. The van der Waals surface area contributed by atoms with Gasteiger partial charge in [-0.05, 0) is 44.0 Å². The molecule has 1 N–H and O–H groups in total. The van der Waals surface area contributed by atoms with Gasteiger partial charge in [-0.1, -0.05) is 37.6 Å². The standard InChI is InChI=1S/C17H24ClN3/c1-5-9-21-11-16(13(4)20-21)14-7-8-15(17(18)10-14)12(3)19-6-2/h7-8,10-12,19H,5-6,9H2,1-4H3. The Labute approximate surface area is 132 Å². The smallest absolute Gasteiger partial charge is 0.0672 e. The van der Waals surface area contributed by atoms with Crippen LogP contribution in [0.4, 0.5) is 0 Å². The number of nitrogens with one attached hydrogen (secondary N) is 1. The maximum Gasteiger partial charge on any atom is 0.0672 e. The summed E-state index contributed by atoms with van der Waals surface area (Å²) < 4.78 is 2.01. The summed E-state index contributed by atoms with van der Waals surface area (Å²) in [6.07, 6.45) is 3.19. The Morgan fingerprint density at radius 2 is 2.10 bits per heavy atom. The van der Waals surface area contributed by atoms with Crippen LogP contribution in [0, 0.1) is 6.92 Å². The first-order valence-corrected chi connectivity index (χ1v) is 8.01. The number of nitrogens with zero attached hydrogens (tertiary/aromatic N) is 2. The van der Waals surface area contributed by atoms with Crippen molar-refractivity contribution in [3.63, 3.8) is 0 Å². The molecule has 0 amide bonds. The molecule has 1 atom stereocenters. The summed E-state index contributed by atoms with van der Waals surface area (Å²) in [5, 5.41) is 8.76. The Morgan fingerprint density at radius 1 is 1.33 bits per heavy atom. The van der Waals surface area contributed by atoms with Gasteiger partial charge < -0.3 is 5.32 Å². The number of benzene rings is 1. The second-order valence-corrected chi connectivity index (χ2v) is 5.81. The van der Waals surface area contributed by atoms with E-state index in [0.717, 1.165) is 46.9 Å². The summed E-state index contributed by atoms with van der Waals surface area (Å²) in [5.74, 6) is 0. The molecule has 0 fully saturated rings. The van der Waals surface area contributed by atoms with Crippen LogP contribution in [0.15, 0.2) is 24.4 Å². The van der Waals surface area contributed by atoms with Crippen molar-refractivity contribution in [2.75, 3.05) is 6.54 Å². The third-order valence-corrected chi connectivity index (χ3v) is 4.01. The molecule has 0 aliphatic rings. The number of halogens is 1. The monoisotopic (exact) mass is 305 g/mol. The first-order chi connectivity index (χ1) is 10.1. The lowest BCUT2D eigenvalue weighted by molar-refractivity contribution is 0.598. The van der Waals surface area contributed by atoms with Gasteiger partial charge in [0, 0.05) is 29.4 Å². The van der Waals surface area contributed by atoms with E-state index in [9.17, 15) is 0 Å². The molecular formula is C17H24ClN3. The zero-order chi connectivity index (χ0) is 15.4. The first kappa shape index (κ1) is 16.1. The Hall–Kier alpha value is -1.32. The molecule has 2 rings (SSSR count). The van der Waals surface area contributed by atoms with Crippen molar-refractivity contribution in [1.82, 2.24) is 15.1 Å². The molecule has 1 aromatic carbocycles. The lowest BCUT2D eigenvalue weighted by atomic mass is 10.0. The van der Waals surface area contributed by atoms with E-state index in [4.69, 9.17) is 11.6 Å². The average molecular weight is 306 g/mol. The third-order valence-electron chi connectivity index (χ3n) is 3.69. The summed E-state index contributed by atoms with van der Waals surface area (Å²) in [6, 6.07) is 6.56. The van der Waals surface area contributed by atoms with E-state index in [1.807, 2.05) is 17.7 Å². The van der Waals surface area contributed by atoms with Gasteiger partial charge in [-0.3, -0.25) is 4.68 Å². The topological polar surface area (TPSA) is 29.9 Å². The van der Waals surface area contributed by atoms with Gasteiger partial charge >= 0.3 is 0 Å². The van der Waals surface area contributed by atoms with Crippen molar-refractivity contribution in [3.8, 4) is 11.1 Å². The van der Waals surface area contributed by atoms with E-state index >= 15 is 0 Å². The van der Waals surface area contributed by atoms with Gasteiger partial charge in [0.1, 0.15) is 0 Å². The Bertz CT molecular complexity index is 604. The Balaban J connectivity index is 2.31. The van der Waals surface area contributed by atoms with Crippen LogP contribution in [0.25, 0.3) is 11.1 Å². The quantitative estimate of drug-likeness (QED) is 0.845. The fourth-order valence-corrected chi connectivity index (χ4v) is 2.95. The highest BCUT2D eigenvalue weighted by Gasteiger charge is 2.12. The summed E-state index contributed by atoms with van der Waals surface area (Å²) in [7, 11) is 0.